The van der Waals surface area contributed by atoms with E-state index in [1.165, 1.54) is 23.6 Å². The first-order chi connectivity index (χ1) is 9.24. The number of rotatable bonds is 2. The molecule has 0 unspecified atom stereocenters. The summed E-state index contributed by atoms with van der Waals surface area (Å²) in [6, 6.07) is 16.3. The molecular weight excluding hydrogens is 234 g/mol. The van der Waals surface area contributed by atoms with E-state index in [1.54, 1.807) is 0 Å². The zero-order valence-electron chi connectivity index (χ0n) is 10.8. The summed E-state index contributed by atoms with van der Waals surface area (Å²) in [5, 5.41) is 2.90. The molecule has 1 amide bonds. The lowest BCUT2D eigenvalue weighted by Crippen LogP contribution is -2.07. The molecule has 2 aromatic rings. The van der Waals surface area contributed by atoms with Crippen molar-refractivity contribution in [1.82, 2.24) is 0 Å². The average Bonchev–Trinajstić information content (AvgIpc) is 2.82. The number of amides is 1. The van der Waals surface area contributed by atoms with Gasteiger partial charge in [0.25, 0.3) is 0 Å². The summed E-state index contributed by atoms with van der Waals surface area (Å²) < 4.78 is 0. The Morgan fingerprint density at radius 3 is 2.58 bits per heavy atom. The Labute approximate surface area is 112 Å². The molecule has 0 aliphatic heterocycles. The van der Waals surface area contributed by atoms with Gasteiger partial charge < -0.3 is 5.32 Å². The molecule has 0 aromatic heterocycles. The van der Waals surface area contributed by atoms with Crippen molar-refractivity contribution < 1.29 is 4.79 Å². The number of nitrogens with one attached hydrogen (secondary N) is 1. The zero-order valence-corrected chi connectivity index (χ0v) is 10.8. The second-order valence-corrected chi connectivity index (χ2v) is 4.77. The van der Waals surface area contributed by atoms with Crippen molar-refractivity contribution >= 4 is 23.2 Å². The molecule has 0 bridgehead atoms. The van der Waals surface area contributed by atoms with Gasteiger partial charge >= 0.3 is 0 Å². The maximum atomic E-state index is 11.3. The van der Waals surface area contributed by atoms with Crippen molar-refractivity contribution in [3.63, 3.8) is 0 Å². The normalized spacial score (nSPS) is 12.8. The van der Waals surface area contributed by atoms with Crippen molar-refractivity contribution in [3.05, 3.63) is 65.2 Å². The fourth-order valence-electron chi connectivity index (χ4n) is 2.51. The van der Waals surface area contributed by atoms with Crippen LogP contribution in [0.15, 0.2) is 48.5 Å². The fraction of sp³-hybridized carbons (Fsp3) is 0.118. The highest BCUT2D eigenvalue weighted by Gasteiger charge is 2.15. The van der Waals surface area contributed by atoms with Crippen molar-refractivity contribution in [2.75, 3.05) is 5.32 Å². The smallest absolute Gasteiger partial charge is 0.221 e. The SMILES string of the molecule is CC(=O)Nc1ccccc1C1=Cc2ccccc2C1. The Morgan fingerprint density at radius 2 is 1.79 bits per heavy atom. The van der Waals surface area contributed by atoms with E-state index < -0.39 is 0 Å². The van der Waals surface area contributed by atoms with Crippen LogP contribution in [0.5, 0.6) is 0 Å². The minimum atomic E-state index is -0.0384. The summed E-state index contributed by atoms with van der Waals surface area (Å²) >= 11 is 0. The number of hydrogen-bond donors (Lipinski definition) is 1. The Balaban J connectivity index is 1.99. The molecule has 3 rings (SSSR count). The van der Waals surface area contributed by atoms with Crippen LogP contribution in [0.2, 0.25) is 0 Å². The van der Waals surface area contributed by atoms with Gasteiger partial charge in [0.2, 0.25) is 5.91 Å². The van der Waals surface area contributed by atoms with Crippen molar-refractivity contribution in [1.29, 1.82) is 0 Å². The van der Waals surface area contributed by atoms with Crippen LogP contribution >= 0.6 is 0 Å². The predicted octanol–water partition coefficient (Wildman–Crippen LogP) is 3.74. The second kappa shape index (κ2) is 4.73. The van der Waals surface area contributed by atoms with Crippen molar-refractivity contribution in [2.24, 2.45) is 0 Å². The molecule has 0 radical (unpaired) electrons. The standard InChI is InChI=1S/C17H15NO/c1-12(19)18-17-9-5-4-8-16(17)15-10-13-6-2-3-7-14(13)11-15/h2-10H,11H2,1H3,(H,18,19). The summed E-state index contributed by atoms with van der Waals surface area (Å²) in [6.45, 7) is 1.54. The maximum absolute atomic E-state index is 11.3. The summed E-state index contributed by atoms with van der Waals surface area (Å²) in [6.07, 6.45) is 3.13. The highest BCUT2D eigenvalue weighted by atomic mass is 16.1. The minimum Gasteiger partial charge on any atom is -0.326 e. The Hall–Kier alpha value is -2.35. The van der Waals surface area contributed by atoms with Crippen LogP contribution in [0.25, 0.3) is 11.6 Å². The number of hydrogen-bond acceptors (Lipinski definition) is 1. The quantitative estimate of drug-likeness (QED) is 0.863. The van der Waals surface area contributed by atoms with E-state index in [-0.39, 0.29) is 5.91 Å². The summed E-state index contributed by atoms with van der Waals surface area (Å²) in [7, 11) is 0. The molecule has 0 saturated heterocycles. The van der Waals surface area contributed by atoms with Crippen LogP contribution < -0.4 is 5.32 Å². The van der Waals surface area contributed by atoms with Gasteiger partial charge in [-0.1, -0.05) is 48.5 Å². The van der Waals surface area contributed by atoms with E-state index in [4.69, 9.17) is 0 Å². The van der Waals surface area contributed by atoms with E-state index in [9.17, 15) is 4.79 Å². The number of fused-ring (bicyclic) bond motifs is 1. The molecule has 2 nitrogen and oxygen atoms in total. The van der Waals surface area contributed by atoms with Crippen LogP contribution in [-0.4, -0.2) is 5.91 Å². The molecule has 19 heavy (non-hydrogen) atoms. The van der Waals surface area contributed by atoms with Crippen LogP contribution in [0.4, 0.5) is 5.69 Å². The lowest BCUT2D eigenvalue weighted by atomic mass is 10.0. The molecular formula is C17H15NO. The van der Waals surface area contributed by atoms with E-state index in [2.05, 4.69) is 41.7 Å². The van der Waals surface area contributed by atoms with Crippen LogP contribution in [-0.2, 0) is 11.2 Å². The summed E-state index contributed by atoms with van der Waals surface area (Å²) in [5.74, 6) is -0.0384. The molecule has 0 saturated carbocycles. The van der Waals surface area contributed by atoms with Crippen molar-refractivity contribution in [3.8, 4) is 0 Å². The van der Waals surface area contributed by atoms with Crippen LogP contribution in [0, 0.1) is 0 Å². The monoisotopic (exact) mass is 249 g/mol. The van der Waals surface area contributed by atoms with Gasteiger partial charge in [0.05, 0.1) is 0 Å². The van der Waals surface area contributed by atoms with E-state index in [0.717, 1.165) is 17.7 Å². The predicted molar refractivity (Wildman–Crippen MR) is 78.8 cm³/mol. The van der Waals surface area contributed by atoms with Crippen LogP contribution in [0.3, 0.4) is 0 Å². The second-order valence-electron chi connectivity index (χ2n) is 4.77. The van der Waals surface area contributed by atoms with Gasteiger partial charge in [0, 0.05) is 18.2 Å². The van der Waals surface area contributed by atoms with Gasteiger partial charge in [0.1, 0.15) is 0 Å². The molecule has 1 N–H and O–H groups in total. The van der Waals surface area contributed by atoms with E-state index in [1.807, 2.05) is 18.2 Å². The van der Waals surface area contributed by atoms with Gasteiger partial charge in [-0.3, -0.25) is 4.79 Å². The number of carbonyl (C=O) groups is 1. The minimum absolute atomic E-state index is 0.0384. The first-order valence-corrected chi connectivity index (χ1v) is 6.39. The largest absolute Gasteiger partial charge is 0.326 e. The number of benzene rings is 2. The number of carbonyl (C=O) groups excluding carboxylic acids is 1. The fourth-order valence-corrected chi connectivity index (χ4v) is 2.51. The highest BCUT2D eigenvalue weighted by molar-refractivity contribution is 5.97. The van der Waals surface area contributed by atoms with Gasteiger partial charge in [-0.2, -0.15) is 0 Å². The van der Waals surface area contributed by atoms with E-state index >= 15 is 0 Å². The molecule has 2 aromatic carbocycles. The Bertz CT molecular complexity index is 670. The molecule has 0 spiro atoms. The number of allylic oxidation sites excluding steroid dienone is 1. The molecule has 0 fully saturated rings. The summed E-state index contributed by atoms with van der Waals surface area (Å²) in [4.78, 5) is 11.3. The number of para-hydroxylation sites is 1. The topological polar surface area (TPSA) is 29.1 Å². The average molecular weight is 249 g/mol. The molecule has 2 heteroatoms. The summed E-state index contributed by atoms with van der Waals surface area (Å²) in [5.41, 5.74) is 5.86. The lowest BCUT2D eigenvalue weighted by Gasteiger charge is -2.10. The van der Waals surface area contributed by atoms with E-state index in [0.29, 0.717) is 0 Å². The highest BCUT2D eigenvalue weighted by Crippen LogP contribution is 2.34. The molecule has 1 aliphatic carbocycles. The van der Waals surface area contributed by atoms with Gasteiger partial charge in [-0.15, -0.1) is 0 Å². The number of anilines is 1. The first kappa shape index (κ1) is 11.7. The zero-order chi connectivity index (χ0) is 13.2. The third kappa shape index (κ3) is 2.29. The molecule has 0 heterocycles. The van der Waals surface area contributed by atoms with Gasteiger partial charge in [-0.05, 0) is 29.2 Å². The van der Waals surface area contributed by atoms with Crippen molar-refractivity contribution in [2.45, 2.75) is 13.3 Å². The third-order valence-electron chi connectivity index (χ3n) is 3.35. The Morgan fingerprint density at radius 1 is 1.05 bits per heavy atom. The Kier molecular flexibility index (Phi) is 2.92. The first-order valence-electron chi connectivity index (χ1n) is 6.39. The molecule has 0 atom stereocenters. The third-order valence-corrected chi connectivity index (χ3v) is 3.35. The lowest BCUT2D eigenvalue weighted by molar-refractivity contribution is -0.114. The van der Waals surface area contributed by atoms with Gasteiger partial charge in [-0.25, -0.2) is 0 Å². The molecule has 94 valence electrons. The molecule has 1 aliphatic rings. The maximum Gasteiger partial charge on any atom is 0.221 e. The van der Waals surface area contributed by atoms with Gasteiger partial charge in [0.15, 0.2) is 0 Å². The van der Waals surface area contributed by atoms with Crippen LogP contribution in [0.1, 0.15) is 23.6 Å².